The number of anilines is 2. The molecule has 0 atom stereocenters. The lowest BCUT2D eigenvalue weighted by molar-refractivity contribution is -0.384. The number of hydrogen-bond donors (Lipinski definition) is 1. The van der Waals surface area contributed by atoms with Crippen LogP contribution in [-0.2, 0) is 9.47 Å². The number of ether oxygens (including phenoxy) is 2. The van der Waals surface area contributed by atoms with Crippen molar-refractivity contribution in [3.8, 4) is 0 Å². The number of carbonyl (C=O) groups excluding carboxylic acids is 1. The normalized spacial score (nSPS) is 15.1. The first-order chi connectivity index (χ1) is 11.2. The maximum atomic E-state index is 12.0. The van der Waals surface area contributed by atoms with E-state index in [9.17, 15) is 14.9 Å². The molecule has 8 nitrogen and oxygen atoms in total. The molecule has 1 aliphatic heterocycles. The van der Waals surface area contributed by atoms with Crippen LogP contribution in [0.1, 0.15) is 20.8 Å². The summed E-state index contributed by atoms with van der Waals surface area (Å²) in [5.74, 6) is 0. The Morgan fingerprint density at radius 1 is 1.38 bits per heavy atom. The van der Waals surface area contributed by atoms with Crippen LogP contribution in [0.25, 0.3) is 0 Å². The average molecular weight is 449 g/mol. The molecule has 0 aromatic heterocycles. The lowest BCUT2D eigenvalue weighted by Crippen LogP contribution is -2.36. The van der Waals surface area contributed by atoms with Gasteiger partial charge in [0.15, 0.2) is 0 Å². The third-order valence-electron chi connectivity index (χ3n) is 3.25. The van der Waals surface area contributed by atoms with Crippen molar-refractivity contribution in [3.63, 3.8) is 0 Å². The number of amides is 1. The smallest absolute Gasteiger partial charge is 0.412 e. The number of halogens is 1. The van der Waals surface area contributed by atoms with Crippen LogP contribution in [-0.4, -0.2) is 42.9 Å². The van der Waals surface area contributed by atoms with E-state index in [1.807, 2.05) is 0 Å². The molecule has 0 aliphatic carbocycles. The van der Waals surface area contributed by atoms with Gasteiger partial charge in [-0.1, -0.05) is 0 Å². The highest BCUT2D eigenvalue weighted by Gasteiger charge is 2.24. The molecule has 1 aliphatic rings. The number of nitro groups is 1. The van der Waals surface area contributed by atoms with Gasteiger partial charge in [-0.3, -0.25) is 15.4 Å². The Kier molecular flexibility index (Phi) is 5.86. The highest BCUT2D eigenvalue weighted by Crippen LogP contribution is 2.35. The van der Waals surface area contributed by atoms with Crippen LogP contribution in [0.4, 0.5) is 21.9 Å². The van der Waals surface area contributed by atoms with E-state index < -0.39 is 16.6 Å². The van der Waals surface area contributed by atoms with Crippen molar-refractivity contribution in [2.75, 3.05) is 36.5 Å². The quantitative estimate of drug-likeness (QED) is 0.432. The largest absolute Gasteiger partial charge is 0.444 e. The van der Waals surface area contributed by atoms with E-state index in [-0.39, 0.29) is 11.4 Å². The molecule has 1 fully saturated rings. The SMILES string of the molecule is CC(C)(C)OC(=O)Nc1cc(N2CCOCC2)c(I)cc1[N+](=O)[O-]. The minimum Gasteiger partial charge on any atom is -0.444 e. The molecule has 132 valence electrons. The Balaban J connectivity index is 2.32. The summed E-state index contributed by atoms with van der Waals surface area (Å²) in [6.07, 6.45) is -0.722. The first kappa shape index (κ1) is 18.7. The zero-order valence-electron chi connectivity index (χ0n) is 13.8. The van der Waals surface area contributed by atoms with Gasteiger partial charge in [-0.25, -0.2) is 4.79 Å². The Bertz CT molecular complexity index is 639. The second kappa shape index (κ2) is 7.51. The first-order valence-corrected chi connectivity index (χ1v) is 8.56. The van der Waals surface area contributed by atoms with Gasteiger partial charge in [-0.05, 0) is 49.4 Å². The summed E-state index contributed by atoms with van der Waals surface area (Å²) in [6, 6.07) is 3.08. The lowest BCUT2D eigenvalue weighted by atomic mass is 10.2. The molecule has 9 heteroatoms. The fraction of sp³-hybridized carbons (Fsp3) is 0.533. The number of carbonyl (C=O) groups is 1. The number of morpholine rings is 1. The van der Waals surface area contributed by atoms with Crippen molar-refractivity contribution in [1.82, 2.24) is 0 Å². The van der Waals surface area contributed by atoms with Crippen LogP contribution >= 0.6 is 22.6 Å². The van der Waals surface area contributed by atoms with Crippen LogP contribution in [0.15, 0.2) is 12.1 Å². The maximum absolute atomic E-state index is 12.0. The predicted molar refractivity (Wildman–Crippen MR) is 98.7 cm³/mol. The van der Waals surface area contributed by atoms with Gasteiger partial charge >= 0.3 is 6.09 Å². The molecule has 0 saturated carbocycles. The first-order valence-electron chi connectivity index (χ1n) is 7.48. The van der Waals surface area contributed by atoms with Crippen LogP contribution in [0.5, 0.6) is 0 Å². The molecule has 0 radical (unpaired) electrons. The van der Waals surface area contributed by atoms with Gasteiger partial charge in [-0.2, -0.15) is 0 Å². The topological polar surface area (TPSA) is 93.9 Å². The van der Waals surface area contributed by atoms with E-state index in [0.29, 0.717) is 26.3 Å². The van der Waals surface area contributed by atoms with Crippen molar-refractivity contribution < 1.29 is 19.2 Å². The summed E-state index contributed by atoms with van der Waals surface area (Å²) in [5.41, 5.74) is 0.101. The molecule has 1 amide bonds. The molecule has 0 unspecified atom stereocenters. The van der Waals surface area contributed by atoms with Crippen molar-refractivity contribution in [2.24, 2.45) is 0 Å². The Morgan fingerprint density at radius 3 is 2.54 bits per heavy atom. The van der Waals surface area contributed by atoms with E-state index in [1.54, 1.807) is 26.8 Å². The van der Waals surface area contributed by atoms with Gasteiger partial charge in [0.1, 0.15) is 11.3 Å². The number of nitrogens with zero attached hydrogens (tertiary/aromatic N) is 2. The van der Waals surface area contributed by atoms with Crippen molar-refractivity contribution >= 4 is 45.7 Å². The second-order valence-electron chi connectivity index (χ2n) is 6.30. The molecule has 1 heterocycles. The molecule has 2 rings (SSSR count). The number of nitro benzene ring substituents is 1. The van der Waals surface area contributed by atoms with Gasteiger partial charge in [0.2, 0.25) is 0 Å². The predicted octanol–water partition coefficient (Wildman–Crippen LogP) is 3.38. The monoisotopic (exact) mass is 449 g/mol. The van der Waals surface area contributed by atoms with Crippen LogP contribution in [0.3, 0.4) is 0 Å². The molecule has 1 N–H and O–H groups in total. The summed E-state index contributed by atoms with van der Waals surface area (Å²) in [5, 5.41) is 13.8. The molecular weight excluding hydrogens is 429 g/mol. The van der Waals surface area contributed by atoms with E-state index in [4.69, 9.17) is 9.47 Å². The van der Waals surface area contributed by atoms with Crippen molar-refractivity contribution in [2.45, 2.75) is 26.4 Å². The van der Waals surface area contributed by atoms with Gasteiger partial charge in [-0.15, -0.1) is 0 Å². The van der Waals surface area contributed by atoms with E-state index in [0.717, 1.165) is 9.26 Å². The summed E-state index contributed by atoms with van der Waals surface area (Å²) >= 11 is 2.06. The molecular formula is C15H20IN3O5. The maximum Gasteiger partial charge on any atom is 0.412 e. The van der Waals surface area contributed by atoms with Crippen LogP contribution in [0.2, 0.25) is 0 Å². The number of nitrogens with one attached hydrogen (secondary N) is 1. The number of rotatable bonds is 3. The van der Waals surface area contributed by atoms with Crippen molar-refractivity contribution in [3.05, 3.63) is 25.8 Å². The third-order valence-corrected chi connectivity index (χ3v) is 4.11. The summed E-state index contributed by atoms with van der Waals surface area (Å²) < 4.78 is 11.3. The number of hydrogen-bond acceptors (Lipinski definition) is 6. The summed E-state index contributed by atoms with van der Waals surface area (Å²) in [6.45, 7) is 7.78. The highest BCUT2D eigenvalue weighted by molar-refractivity contribution is 14.1. The standard InChI is InChI=1S/C15H20IN3O5/c1-15(2,3)24-14(20)17-11-9-12(18-4-6-23-7-5-18)10(16)8-13(11)19(21)22/h8-9H,4-7H2,1-3H3,(H,17,20). The number of benzene rings is 1. The average Bonchev–Trinajstić information content (AvgIpc) is 2.47. The zero-order valence-corrected chi connectivity index (χ0v) is 16.0. The zero-order chi connectivity index (χ0) is 17.9. The van der Waals surface area contributed by atoms with Crippen LogP contribution < -0.4 is 10.2 Å². The molecule has 1 aromatic carbocycles. The Labute approximate surface area is 153 Å². The molecule has 0 spiro atoms. The Hall–Kier alpha value is -1.62. The molecule has 0 bridgehead atoms. The fourth-order valence-corrected chi connectivity index (χ4v) is 3.05. The lowest BCUT2D eigenvalue weighted by Gasteiger charge is -2.30. The Morgan fingerprint density at radius 2 is 2.00 bits per heavy atom. The second-order valence-corrected chi connectivity index (χ2v) is 7.47. The van der Waals surface area contributed by atoms with Crippen LogP contribution in [0, 0.1) is 13.7 Å². The highest BCUT2D eigenvalue weighted by atomic mass is 127. The van der Waals surface area contributed by atoms with Gasteiger partial charge in [0.05, 0.1) is 23.8 Å². The van der Waals surface area contributed by atoms with Crippen molar-refractivity contribution in [1.29, 1.82) is 0 Å². The van der Waals surface area contributed by atoms with Gasteiger partial charge < -0.3 is 14.4 Å². The van der Waals surface area contributed by atoms with E-state index in [1.165, 1.54) is 6.07 Å². The fourth-order valence-electron chi connectivity index (χ4n) is 2.26. The molecule has 1 saturated heterocycles. The van der Waals surface area contributed by atoms with E-state index in [2.05, 4.69) is 32.8 Å². The molecule has 1 aromatic rings. The third kappa shape index (κ3) is 4.94. The minimum absolute atomic E-state index is 0.121. The summed E-state index contributed by atoms with van der Waals surface area (Å²) in [4.78, 5) is 24.9. The minimum atomic E-state index is -0.722. The van der Waals surface area contributed by atoms with E-state index >= 15 is 0 Å². The van der Waals surface area contributed by atoms with Gasteiger partial charge in [0, 0.05) is 22.7 Å². The summed E-state index contributed by atoms with van der Waals surface area (Å²) in [7, 11) is 0. The molecule has 24 heavy (non-hydrogen) atoms. The van der Waals surface area contributed by atoms with Gasteiger partial charge in [0.25, 0.3) is 5.69 Å².